The second-order valence-corrected chi connectivity index (χ2v) is 7.08. The molecule has 1 atom stereocenters. The van der Waals surface area contributed by atoms with Crippen molar-refractivity contribution in [3.63, 3.8) is 0 Å². The number of rotatable bonds is 5. The van der Waals surface area contributed by atoms with E-state index in [9.17, 15) is 4.79 Å². The highest BCUT2D eigenvalue weighted by Crippen LogP contribution is 2.28. The molecule has 1 heterocycles. The van der Waals surface area contributed by atoms with Gasteiger partial charge in [0, 0.05) is 34.8 Å². The van der Waals surface area contributed by atoms with Crippen LogP contribution in [0, 0.1) is 5.92 Å². The number of fused-ring (bicyclic) bond motifs is 2. The molecule has 0 amide bonds. The van der Waals surface area contributed by atoms with Crippen molar-refractivity contribution in [2.45, 2.75) is 26.8 Å². The average molecular weight is 341 g/mol. The van der Waals surface area contributed by atoms with E-state index in [1.54, 1.807) is 0 Å². The number of hydrogen-bond acceptors (Lipinski definition) is 1. The van der Waals surface area contributed by atoms with Crippen LogP contribution < -0.4 is 0 Å². The van der Waals surface area contributed by atoms with Crippen molar-refractivity contribution < 1.29 is 4.79 Å². The summed E-state index contributed by atoms with van der Waals surface area (Å²) in [6.45, 7) is 5.39. The Morgan fingerprint density at radius 3 is 2.38 bits per heavy atom. The molecule has 0 radical (unpaired) electrons. The molecule has 0 bridgehead atoms. The van der Waals surface area contributed by atoms with Gasteiger partial charge < -0.3 is 4.57 Å². The monoisotopic (exact) mass is 341 g/mol. The lowest BCUT2D eigenvalue weighted by Crippen LogP contribution is -2.06. The Labute approximate surface area is 154 Å². The number of carbonyl (C=O) groups is 1. The first-order valence-corrected chi connectivity index (χ1v) is 9.29. The van der Waals surface area contributed by atoms with E-state index in [1.807, 2.05) is 48.7 Å². The predicted octanol–water partition coefficient (Wildman–Crippen LogP) is 6.07. The summed E-state index contributed by atoms with van der Waals surface area (Å²) in [4.78, 5) is 13.4. The second kappa shape index (κ2) is 6.80. The molecule has 0 saturated carbocycles. The first kappa shape index (κ1) is 16.6. The quantitative estimate of drug-likeness (QED) is 0.404. The van der Waals surface area contributed by atoms with Gasteiger partial charge in [0.2, 0.25) is 0 Å². The van der Waals surface area contributed by atoms with E-state index in [1.165, 1.54) is 0 Å². The standard InChI is InChI=1S/C24H23NO/c1-3-17(2)15-25-16-22(20-12-6-7-14-23(20)25)24(26)21-13-8-10-18-9-4-5-11-19(18)21/h4-14,16-17H,3,15H2,1-2H3. The molecule has 3 aromatic carbocycles. The highest BCUT2D eigenvalue weighted by Gasteiger charge is 2.18. The molecular weight excluding hydrogens is 318 g/mol. The second-order valence-electron chi connectivity index (χ2n) is 7.08. The Balaban J connectivity index is 1.87. The van der Waals surface area contributed by atoms with Gasteiger partial charge in [0.25, 0.3) is 0 Å². The SMILES string of the molecule is CCC(C)Cn1cc(C(=O)c2cccc3ccccc23)c2ccccc21. The van der Waals surface area contributed by atoms with Gasteiger partial charge in [-0.05, 0) is 22.8 Å². The zero-order valence-electron chi connectivity index (χ0n) is 15.3. The molecule has 0 N–H and O–H groups in total. The Morgan fingerprint density at radius 1 is 0.885 bits per heavy atom. The van der Waals surface area contributed by atoms with Crippen molar-refractivity contribution in [3.8, 4) is 0 Å². The van der Waals surface area contributed by atoms with Gasteiger partial charge in [-0.3, -0.25) is 4.79 Å². The fourth-order valence-corrected chi connectivity index (χ4v) is 3.61. The molecule has 1 unspecified atom stereocenters. The van der Waals surface area contributed by atoms with Gasteiger partial charge in [-0.15, -0.1) is 0 Å². The number of carbonyl (C=O) groups excluding carboxylic acids is 1. The van der Waals surface area contributed by atoms with Crippen molar-refractivity contribution in [1.82, 2.24) is 4.57 Å². The van der Waals surface area contributed by atoms with E-state index < -0.39 is 0 Å². The summed E-state index contributed by atoms with van der Waals surface area (Å²) in [7, 11) is 0. The van der Waals surface area contributed by atoms with Crippen LogP contribution in [0.2, 0.25) is 0 Å². The van der Waals surface area contributed by atoms with E-state index in [-0.39, 0.29) is 5.78 Å². The molecule has 130 valence electrons. The number of para-hydroxylation sites is 1. The largest absolute Gasteiger partial charge is 0.346 e. The minimum absolute atomic E-state index is 0.0981. The smallest absolute Gasteiger partial charge is 0.195 e. The third kappa shape index (κ3) is 2.82. The van der Waals surface area contributed by atoms with E-state index in [2.05, 4.69) is 42.7 Å². The summed E-state index contributed by atoms with van der Waals surface area (Å²) in [6.07, 6.45) is 3.17. The maximum atomic E-state index is 13.4. The lowest BCUT2D eigenvalue weighted by Gasteiger charge is -2.10. The first-order valence-electron chi connectivity index (χ1n) is 9.29. The van der Waals surface area contributed by atoms with E-state index in [0.29, 0.717) is 5.92 Å². The average Bonchev–Trinajstić information content (AvgIpc) is 3.05. The summed E-state index contributed by atoms with van der Waals surface area (Å²) >= 11 is 0. The highest BCUT2D eigenvalue weighted by atomic mass is 16.1. The summed E-state index contributed by atoms with van der Waals surface area (Å²) in [5.74, 6) is 0.673. The molecule has 0 aliphatic carbocycles. The fraction of sp³-hybridized carbons (Fsp3) is 0.208. The fourth-order valence-electron chi connectivity index (χ4n) is 3.61. The number of nitrogens with zero attached hydrogens (tertiary/aromatic N) is 1. The lowest BCUT2D eigenvalue weighted by atomic mass is 9.97. The van der Waals surface area contributed by atoms with Crippen molar-refractivity contribution in [2.75, 3.05) is 0 Å². The van der Waals surface area contributed by atoms with Crippen molar-refractivity contribution >= 4 is 27.5 Å². The summed E-state index contributed by atoms with van der Waals surface area (Å²) in [5.41, 5.74) is 2.70. The molecule has 0 saturated heterocycles. The van der Waals surface area contributed by atoms with Gasteiger partial charge in [-0.25, -0.2) is 0 Å². The molecule has 1 aromatic heterocycles. The van der Waals surface area contributed by atoms with Crippen LogP contribution in [0.15, 0.2) is 72.9 Å². The zero-order valence-corrected chi connectivity index (χ0v) is 15.3. The van der Waals surface area contributed by atoms with Crippen LogP contribution in [0.25, 0.3) is 21.7 Å². The molecule has 0 aliphatic heterocycles. The van der Waals surface area contributed by atoms with E-state index in [0.717, 1.165) is 45.8 Å². The summed E-state index contributed by atoms with van der Waals surface area (Å²) in [6, 6.07) is 22.3. The van der Waals surface area contributed by atoms with Gasteiger partial charge in [0.1, 0.15) is 0 Å². The Kier molecular flexibility index (Phi) is 4.34. The molecule has 0 spiro atoms. The molecule has 0 aliphatic rings. The number of hydrogen-bond donors (Lipinski definition) is 0. The van der Waals surface area contributed by atoms with Crippen LogP contribution in [0.1, 0.15) is 36.2 Å². The molecule has 0 fully saturated rings. The molecule has 4 rings (SSSR count). The first-order chi connectivity index (χ1) is 12.7. The number of aromatic nitrogens is 1. The molecule has 26 heavy (non-hydrogen) atoms. The lowest BCUT2D eigenvalue weighted by molar-refractivity contribution is 0.104. The highest BCUT2D eigenvalue weighted by molar-refractivity contribution is 6.21. The third-order valence-electron chi connectivity index (χ3n) is 5.27. The van der Waals surface area contributed by atoms with Gasteiger partial charge in [-0.1, -0.05) is 80.9 Å². The van der Waals surface area contributed by atoms with Crippen molar-refractivity contribution in [2.24, 2.45) is 5.92 Å². The van der Waals surface area contributed by atoms with Gasteiger partial charge in [0.05, 0.1) is 0 Å². The van der Waals surface area contributed by atoms with Crippen LogP contribution in [0.3, 0.4) is 0 Å². The topological polar surface area (TPSA) is 22.0 Å². The molecular formula is C24H23NO. The minimum atomic E-state index is 0.0981. The molecule has 2 heteroatoms. The van der Waals surface area contributed by atoms with Crippen LogP contribution in [0.4, 0.5) is 0 Å². The maximum absolute atomic E-state index is 13.4. The normalized spacial score (nSPS) is 12.5. The Hall–Kier alpha value is -2.87. The van der Waals surface area contributed by atoms with Crippen molar-refractivity contribution in [1.29, 1.82) is 0 Å². The van der Waals surface area contributed by atoms with E-state index in [4.69, 9.17) is 0 Å². The van der Waals surface area contributed by atoms with Crippen LogP contribution in [-0.2, 0) is 6.54 Å². The van der Waals surface area contributed by atoms with Crippen LogP contribution in [0.5, 0.6) is 0 Å². The predicted molar refractivity (Wildman–Crippen MR) is 109 cm³/mol. The van der Waals surface area contributed by atoms with Gasteiger partial charge in [-0.2, -0.15) is 0 Å². The Bertz CT molecular complexity index is 1080. The summed E-state index contributed by atoms with van der Waals surface area (Å²) in [5, 5.41) is 3.15. The third-order valence-corrected chi connectivity index (χ3v) is 5.27. The molecule has 4 aromatic rings. The minimum Gasteiger partial charge on any atom is -0.346 e. The summed E-state index contributed by atoms with van der Waals surface area (Å²) < 4.78 is 2.24. The van der Waals surface area contributed by atoms with E-state index >= 15 is 0 Å². The molecule has 2 nitrogen and oxygen atoms in total. The number of ketones is 1. The van der Waals surface area contributed by atoms with Crippen molar-refractivity contribution in [3.05, 3.63) is 84.1 Å². The van der Waals surface area contributed by atoms with Gasteiger partial charge >= 0.3 is 0 Å². The van der Waals surface area contributed by atoms with Gasteiger partial charge in [0.15, 0.2) is 5.78 Å². The Morgan fingerprint density at radius 2 is 1.58 bits per heavy atom. The maximum Gasteiger partial charge on any atom is 0.195 e. The zero-order chi connectivity index (χ0) is 18.1. The number of benzene rings is 3. The van der Waals surface area contributed by atoms with Crippen LogP contribution >= 0.6 is 0 Å². The van der Waals surface area contributed by atoms with Crippen LogP contribution in [-0.4, -0.2) is 10.4 Å².